The van der Waals surface area contributed by atoms with Crippen LogP contribution < -0.4 is 10.1 Å². The van der Waals surface area contributed by atoms with Crippen molar-refractivity contribution in [2.24, 2.45) is 0 Å². The Labute approximate surface area is 226 Å². The molecular formula is C29H20ClF3N2O4. The van der Waals surface area contributed by atoms with Gasteiger partial charge in [-0.3, -0.25) is 4.79 Å². The molecular weight excluding hydrogens is 533 g/mol. The molecule has 5 rings (SSSR count). The fourth-order valence-corrected chi connectivity index (χ4v) is 4.60. The number of carbonyl (C=O) groups is 2. The minimum atomic E-state index is -4.76. The van der Waals surface area contributed by atoms with Crippen molar-refractivity contribution in [3.05, 3.63) is 113 Å². The van der Waals surface area contributed by atoms with Crippen molar-refractivity contribution in [1.29, 1.82) is 0 Å². The van der Waals surface area contributed by atoms with Crippen molar-refractivity contribution in [2.45, 2.75) is 18.6 Å². The highest BCUT2D eigenvalue weighted by Gasteiger charge is 2.34. The fraction of sp³-hybridized carbons (Fsp3) is 0.138. The zero-order chi connectivity index (χ0) is 27.6. The molecule has 0 fully saturated rings. The van der Waals surface area contributed by atoms with Crippen LogP contribution in [0.2, 0.25) is 0 Å². The lowest BCUT2D eigenvalue weighted by Gasteiger charge is -2.15. The predicted octanol–water partition coefficient (Wildman–Crippen LogP) is 7.31. The first-order valence-electron chi connectivity index (χ1n) is 11.8. The number of ether oxygens (including phenoxy) is 2. The molecule has 1 heterocycles. The maximum atomic E-state index is 13.5. The summed E-state index contributed by atoms with van der Waals surface area (Å²) < 4.78 is 51.4. The Bertz CT molecular complexity index is 1510. The summed E-state index contributed by atoms with van der Waals surface area (Å²) in [6.45, 7) is -0.202. The van der Waals surface area contributed by atoms with Gasteiger partial charge in [0.15, 0.2) is 0 Å². The van der Waals surface area contributed by atoms with Crippen LogP contribution in [0.4, 0.5) is 18.0 Å². The number of hydrogen-bond acceptors (Lipinski definition) is 5. The van der Waals surface area contributed by atoms with Crippen LogP contribution in [0.3, 0.4) is 0 Å². The molecule has 0 radical (unpaired) electrons. The molecule has 1 N–H and O–H groups in total. The number of alkyl carbamates (subject to hydrolysis) is 1. The van der Waals surface area contributed by atoms with Crippen LogP contribution in [-0.4, -0.2) is 22.9 Å². The molecule has 0 saturated carbocycles. The first-order chi connectivity index (χ1) is 18.7. The van der Waals surface area contributed by atoms with E-state index in [1.807, 2.05) is 48.5 Å². The fourth-order valence-electron chi connectivity index (χ4n) is 4.48. The number of alkyl halides is 3. The number of aromatic nitrogens is 1. The maximum absolute atomic E-state index is 13.5. The van der Waals surface area contributed by atoms with Crippen LogP contribution in [0, 0.1) is 0 Å². The number of halogens is 4. The molecule has 1 aromatic heterocycles. The van der Waals surface area contributed by atoms with Crippen molar-refractivity contribution in [3.63, 3.8) is 0 Å². The number of fused-ring (bicyclic) bond motifs is 3. The van der Waals surface area contributed by atoms with Gasteiger partial charge in [-0.1, -0.05) is 54.6 Å². The summed E-state index contributed by atoms with van der Waals surface area (Å²) in [6, 6.07) is 23.4. The Morgan fingerprint density at radius 2 is 1.56 bits per heavy atom. The summed E-state index contributed by atoms with van der Waals surface area (Å²) >= 11 is 5.47. The molecule has 4 aromatic rings. The van der Waals surface area contributed by atoms with E-state index in [1.165, 1.54) is 30.3 Å². The standard InChI is InChI=1S/C29H20ClF3N2O4/c30-27(36)18-6-5-7-19(14-18)39-26-13-17(12-25(35-26)29(31,32)33)15-34-28(37)38-16-24-22-10-3-1-8-20(22)21-9-2-4-11-23(21)24/h1-14,24H,15-16H2,(H,34,37). The largest absolute Gasteiger partial charge is 0.449 e. The molecule has 0 spiro atoms. The number of rotatable bonds is 7. The SMILES string of the molecule is O=C(NCc1cc(Oc2cccc(C(=O)Cl)c2)nc(C(F)(F)F)c1)OCC1c2ccccc2-c2ccccc21. The molecule has 1 amide bonds. The Balaban J connectivity index is 1.28. The van der Waals surface area contributed by atoms with Crippen LogP contribution in [0.15, 0.2) is 84.9 Å². The van der Waals surface area contributed by atoms with Gasteiger partial charge in [0.2, 0.25) is 5.88 Å². The summed E-state index contributed by atoms with van der Waals surface area (Å²) in [5, 5.41) is 1.75. The van der Waals surface area contributed by atoms with Crippen molar-refractivity contribution < 1.29 is 32.2 Å². The molecule has 10 heteroatoms. The smallest absolute Gasteiger partial charge is 0.433 e. The topological polar surface area (TPSA) is 77.5 Å². The van der Waals surface area contributed by atoms with Gasteiger partial charge < -0.3 is 14.8 Å². The number of benzene rings is 3. The van der Waals surface area contributed by atoms with E-state index in [9.17, 15) is 22.8 Å². The second-order valence-electron chi connectivity index (χ2n) is 8.78. The van der Waals surface area contributed by atoms with E-state index in [2.05, 4.69) is 10.3 Å². The highest BCUT2D eigenvalue weighted by molar-refractivity contribution is 6.67. The normalized spacial score (nSPS) is 12.4. The van der Waals surface area contributed by atoms with Gasteiger partial charge in [-0.2, -0.15) is 13.2 Å². The average Bonchev–Trinajstić information content (AvgIpc) is 3.24. The molecule has 0 atom stereocenters. The lowest BCUT2D eigenvalue weighted by molar-refractivity contribution is -0.141. The van der Waals surface area contributed by atoms with E-state index < -0.39 is 23.2 Å². The summed E-state index contributed by atoms with van der Waals surface area (Å²) in [5.74, 6) is -0.450. The zero-order valence-corrected chi connectivity index (χ0v) is 20.9. The van der Waals surface area contributed by atoms with Gasteiger partial charge in [-0.25, -0.2) is 9.78 Å². The Morgan fingerprint density at radius 3 is 2.21 bits per heavy atom. The third kappa shape index (κ3) is 5.88. The number of carbonyl (C=O) groups excluding carboxylic acids is 2. The lowest BCUT2D eigenvalue weighted by atomic mass is 9.98. The summed E-state index contributed by atoms with van der Waals surface area (Å²) in [5.41, 5.74) is 3.23. The molecule has 0 bridgehead atoms. The molecule has 39 heavy (non-hydrogen) atoms. The molecule has 0 saturated heterocycles. The highest BCUT2D eigenvalue weighted by Crippen LogP contribution is 2.44. The summed E-state index contributed by atoms with van der Waals surface area (Å²) in [4.78, 5) is 27.4. The first-order valence-corrected chi connectivity index (χ1v) is 12.2. The molecule has 3 aromatic carbocycles. The van der Waals surface area contributed by atoms with Crippen LogP contribution >= 0.6 is 11.6 Å². The monoisotopic (exact) mass is 552 g/mol. The molecule has 1 aliphatic carbocycles. The van der Waals surface area contributed by atoms with Crippen LogP contribution in [0.5, 0.6) is 11.6 Å². The van der Waals surface area contributed by atoms with Crippen molar-refractivity contribution in [2.75, 3.05) is 6.61 Å². The number of amides is 1. The van der Waals surface area contributed by atoms with E-state index in [-0.39, 0.29) is 41.8 Å². The van der Waals surface area contributed by atoms with Gasteiger partial charge in [0, 0.05) is 24.1 Å². The summed E-state index contributed by atoms with van der Waals surface area (Å²) in [6.07, 6.45) is -5.54. The minimum Gasteiger partial charge on any atom is -0.449 e. The lowest BCUT2D eigenvalue weighted by Crippen LogP contribution is -2.26. The van der Waals surface area contributed by atoms with E-state index >= 15 is 0 Å². The minimum absolute atomic E-state index is 0.0635. The van der Waals surface area contributed by atoms with E-state index in [1.54, 1.807) is 0 Å². The maximum Gasteiger partial charge on any atom is 0.433 e. The quantitative estimate of drug-likeness (QED) is 0.243. The van der Waals surface area contributed by atoms with Crippen molar-refractivity contribution in [3.8, 4) is 22.8 Å². The van der Waals surface area contributed by atoms with Gasteiger partial charge in [0.05, 0.1) is 0 Å². The van der Waals surface area contributed by atoms with Gasteiger partial charge in [0.1, 0.15) is 18.1 Å². The van der Waals surface area contributed by atoms with Crippen molar-refractivity contribution >= 4 is 22.9 Å². The second kappa shape index (κ2) is 10.8. The van der Waals surface area contributed by atoms with Gasteiger partial charge in [-0.15, -0.1) is 0 Å². The molecule has 6 nitrogen and oxygen atoms in total. The Morgan fingerprint density at radius 1 is 0.897 bits per heavy atom. The van der Waals surface area contributed by atoms with Crippen LogP contribution in [0.25, 0.3) is 11.1 Å². The van der Waals surface area contributed by atoms with Gasteiger partial charge >= 0.3 is 12.3 Å². The Hall–Kier alpha value is -4.37. The molecule has 0 aliphatic heterocycles. The Kier molecular flexibility index (Phi) is 7.26. The van der Waals surface area contributed by atoms with E-state index in [0.29, 0.717) is 0 Å². The van der Waals surface area contributed by atoms with Crippen LogP contribution in [-0.2, 0) is 17.5 Å². The summed E-state index contributed by atoms with van der Waals surface area (Å²) in [7, 11) is 0. The first kappa shape index (κ1) is 26.2. The van der Waals surface area contributed by atoms with E-state index in [4.69, 9.17) is 21.1 Å². The third-order valence-electron chi connectivity index (χ3n) is 6.22. The second-order valence-corrected chi connectivity index (χ2v) is 9.12. The third-order valence-corrected chi connectivity index (χ3v) is 6.43. The van der Waals surface area contributed by atoms with Crippen molar-refractivity contribution in [1.82, 2.24) is 10.3 Å². The molecule has 198 valence electrons. The number of pyridine rings is 1. The number of hydrogen-bond donors (Lipinski definition) is 1. The highest BCUT2D eigenvalue weighted by atomic mass is 35.5. The van der Waals surface area contributed by atoms with Gasteiger partial charge in [0.25, 0.3) is 5.24 Å². The number of nitrogens with one attached hydrogen (secondary N) is 1. The predicted molar refractivity (Wildman–Crippen MR) is 138 cm³/mol. The average molecular weight is 553 g/mol. The van der Waals surface area contributed by atoms with Crippen LogP contribution in [0.1, 0.15) is 38.7 Å². The van der Waals surface area contributed by atoms with E-state index in [0.717, 1.165) is 28.3 Å². The molecule has 1 aliphatic rings. The number of nitrogens with zero attached hydrogens (tertiary/aromatic N) is 1. The molecule has 0 unspecified atom stereocenters. The van der Waals surface area contributed by atoms with Gasteiger partial charge in [-0.05, 0) is 63.7 Å². The zero-order valence-electron chi connectivity index (χ0n) is 20.2.